The molecule has 0 saturated carbocycles. The molecule has 6 N–H and O–H groups in total. The zero-order valence-electron chi connectivity index (χ0n) is 44.4. The predicted octanol–water partition coefficient (Wildman–Crippen LogP) is 12.7. The fourth-order valence-electron chi connectivity index (χ4n) is 8.86. The summed E-state index contributed by atoms with van der Waals surface area (Å²) in [7, 11) is 0. The number of carbonyl (C=O) groups excluding carboxylic acids is 2. The van der Waals surface area contributed by atoms with Crippen LogP contribution < -0.4 is 5.32 Å². The van der Waals surface area contributed by atoms with Crippen LogP contribution in [-0.4, -0.2) is 99.6 Å². The largest absolute Gasteiger partial charge is 0.454 e. The van der Waals surface area contributed by atoms with Crippen LogP contribution in [0.15, 0.2) is 36.5 Å². The molecule has 0 aromatic carbocycles. The van der Waals surface area contributed by atoms with Gasteiger partial charge >= 0.3 is 5.97 Å². The number of nitrogens with one attached hydrogen (secondary N) is 1. The summed E-state index contributed by atoms with van der Waals surface area (Å²) in [6, 6.07) is -1.02. The number of aliphatic hydroxyl groups is 5. The molecule has 69 heavy (non-hydrogen) atoms. The van der Waals surface area contributed by atoms with Gasteiger partial charge in [0.05, 0.1) is 25.4 Å². The predicted molar refractivity (Wildman–Crippen MR) is 283 cm³/mol. The van der Waals surface area contributed by atoms with Crippen LogP contribution in [0.1, 0.15) is 258 Å². The van der Waals surface area contributed by atoms with Crippen molar-refractivity contribution in [2.24, 2.45) is 0 Å². The number of carbonyl (C=O) groups is 2. The molecular formula is C58H107NO10. The van der Waals surface area contributed by atoms with E-state index < -0.39 is 67.4 Å². The van der Waals surface area contributed by atoms with Gasteiger partial charge in [-0.15, -0.1) is 0 Å². The topological polar surface area (TPSA) is 175 Å². The van der Waals surface area contributed by atoms with Gasteiger partial charge in [0, 0.05) is 6.42 Å². The van der Waals surface area contributed by atoms with E-state index in [1.54, 1.807) is 6.08 Å². The van der Waals surface area contributed by atoms with Gasteiger partial charge in [0.15, 0.2) is 12.4 Å². The SMILES string of the molecule is CCCC/C=C\CCCCCCCC(=O)OC1C(OCC(NC(=O)C(O)CCCCCCCC/C=C/CCCCCCCC)C(O)/C=C/CCCCCCCCCCCCC)OC(CO)C(O)C1O. The lowest BCUT2D eigenvalue weighted by Gasteiger charge is -2.41. The summed E-state index contributed by atoms with van der Waals surface area (Å²) in [6.07, 6.45) is 43.3. The average Bonchev–Trinajstić information content (AvgIpc) is 3.34. The third-order valence-electron chi connectivity index (χ3n) is 13.5. The minimum atomic E-state index is -1.61. The molecule has 8 unspecified atom stereocenters. The van der Waals surface area contributed by atoms with Gasteiger partial charge in [-0.2, -0.15) is 0 Å². The monoisotopic (exact) mass is 978 g/mol. The van der Waals surface area contributed by atoms with Crippen molar-refractivity contribution < 1.29 is 49.3 Å². The van der Waals surface area contributed by atoms with Gasteiger partial charge in [0.25, 0.3) is 0 Å². The molecule has 0 aromatic heterocycles. The molecule has 1 amide bonds. The highest BCUT2D eigenvalue weighted by molar-refractivity contribution is 5.80. The molecule has 404 valence electrons. The minimum Gasteiger partial charge on any atom is -0.454 e. The number of amides is 1. The number of esters is 1. The summed E-state index contributed by atoms with van der Waals surface area (Å²) in [4.78, 5) is 26.4. The van der Waals surface area contributed by atoms with Crippen molar-refractivity contribution in [3.8, 4) is 0 Å². The summed E-state index contributed by atoms with van der Waals surface area (Å²) in [6.45, 7) is 5.73. The Hall–Kier alpha value is -2.12. The first-order chi connectivity index (χ1) is 33.7. The molecule has 11 nitrogen and oxygen atoms in total. The Labute approximate surface area is 422 Å². The number of aliphatic hydroxyl groups excluding tert-OH is 5. The molecule has 0 radical (unpaired) electrons. The van der Waals surface area contributed by atoms with Crippen LogP contribution in [0.25, 0.3) is 0 Å². The normalized spacial score (nSPS) is 20.0. The first kappa shape index (κ1) is 64.9. The Balaban J connectivity index is 2.74. The van der Waals surface area contributed by atoms with E-state index in [9.17, 15) is 35.1 Å². The van der Waals surface area contributed by atoms with Gasteiger partial charge in [-0.3, -0.25) is 9.59 Å². The van der Waals surface area contributed by atoms with Crippen molar-refractivity contribution in [3.05, 3.63) is 36.5 Å². The van der Waals surface area contributed by atoms with E-state index >= 15 is 0 Å². The van der Waals surface area contributed by atoms with Crippen LogP contribution in [0, 0.1) is 0 Å². The van der Waals surface area contributed by atoms with E-state index in [2.05, 4.69) is 50.4 Å². The summed E-state index contributed by atoms with van der Waals surface area (Å²) >= 11 is 0. The van der Waals surface area contributed by atoms with Crippen molar-refractivity contribution in [1.29, 1.82) is 0 Å². The van der Waals surface area contributed by atoms with Crippen LogP contribution in [0.4, 0.5) is 0 Å². The number of hydrogen-bond acceptors (Lipinski definition) is 10. The van der Waals surface area contributed by atoms with E-state index in [4.69, 9.17) is 14.2 Å². The minimum absolute atomic E-state index is 0.114. The highest BCUT2D eigenvalue weighted by atomic mass is 16.7. The standard InChI is InChI=1S/C58H107NO10/c1-4-7-10-13-16-19-22-24-25-26-28-31-33-36-39-42-45-51(62)57(66)59-49(50(61)44-41-38-35-32-30-27-23-20-17-14-11-8-5-2)48-67-58-56(55(65)54(64)52(47-60)68-58)69-53(63)46-43-40-37-34-29-21-18-15-12-9-6-3/h15,18,24-25,41,44,49-52,54-56,58,60-62,64-65H,4-14,16-17,19-23,26-40,42-43,45-48H2,1-3H3,(H,59,66)/b18-15-,25-24+,44-41+. The molecule has 8 atom stereocenters. The lowest BCUT2D eigenvalue weighted by atomic mass is 9.99. The highest BCUT2D eigenvalue weighted by Gasteiger charge is 2.47. The number of hydrogen-bond donors (Lipinski definition) is 6. The van der Waals surface area contributed by atoms with Crippen molar-refractivity contribution in [1.82, 2.24) is 5.32 Å². The van der Waals surface area contributed by atoms with Gasteiger partial charge in [-0.1, -0.05) is 218 Å². The maximum Gasteiger partial charge on any atom is 0.306 e. The molecule has 1 aliphatic heterocycles. The van der Waals surface area contributed by atoms with Gasteiger partial charge in [-0.25, -0.2) is 0 Å². The lowest BCUT2D eigenvalue weighted by molar-refractivity contribution is -0.305. The van der Waals surface area contributed by atoms with E-state index in [1.807, 2.05) is 6.08 Å². The Morgan fingerprint density at radius 1 is 0.551 bits per heavy atom. The van der Waals surface area contributed by atoms with E-state index in [0.717, 1.165) is 89.9 Å². The highest BCUT2D eigenvalue weighted by Crippen LogP contribution is 2.26. The van der Waals surface area contributed by atoms with Crippen molar-refractivity contribution in [2.75, 3.05) is 13.2 Å². The molecule has 1 saturated heterocycles. The van der Waals surface area contributed by atoms with Crippen LogP contribution in [0.3, 0.4) is 0 Å². The Morgan fingerprint density at radius 2 is 0.971 bits per heavy atom. The van der Waals surface area contributed by atoms with Gasteiger partial charge < -0.3 is 45.1 Å². The first-order valence-electron chi connectivity index (χ1n) is 28.8. The molecule has 0 aliphatic carbocycles. The van der Waals surface area contributed by atoms with Crippen molar-refractivity contribution in [2.45, 2.75) is 307 Å². The summed E-state index contributed by atoms with van der Waals surface area (Å²) in [5, 5.41) is 56.8. The number of ether oxygens (including phenoxy) is 3. The molecule has 0 spiro atoms. The van der Waals surface area contributed by atoms with Crippen molar-refractivity contribution in [3.63, 3.8) is 0 Å². The Morgan fingerprint density at radius 3 is 1.45 bits per heavy atom. The molecule has 11 heteroatoms. The fourth-order valence-corrected chi connectivity index (χ4v) is 8.86. The Kier molecular flexibility index (Phi) is 44.1. The van der Waals surface area contributed by atoms with Crippen LogP contribution in [-0.2, 0) is 23.8 Å². The molecule has 0 bridgehead atoms. The Bertz CT molecular complexity index is 1260. The van der Waals surface area contributed by atoms with Gasteiger partial charge in [-0.05, 0) is 70.6 Å². The van der Waals surface area contributed by atoms with Crippen LogP contribution in [0.5, 0.6) is 0 Å². The molecule has 0 aromatic rings. The van der Waals surface area contributed by atoms with E-state index in [-0.39, 0.29) is 19.4 Å². The number of unbranched alkanes of at least 4 members (excludes halogenated alkanes) is 30. The molecular weight excluding hydrogens is 871 g/mol. The molecule has 1 rings (SSSR count). The van der Waals surface area contributed by atoms with Gasteiger partial charge in [0.2, 0.25) is 5.91 Å². The number of rotatable bonds is 48. The molecule has 1 fully saturated rings. The summed E-state index contributed by atoms with van der Waals surface area (Å²) in [5.41, 5.74) is 0. The summed E-state index contributed by atoms with van der Waals surface area (Å²) in [5.74, 6) is -1.21. The maximum atomic E-state index is 13.4. The van der Waals surface area contributed by atoms with Crippen LogP contribution >= 0.6 is 0 Å². The second kappa shape index (κ2) is 46.9. The molecule has 1 heterocycles. The second-order valence-electron chi connectivity index (χ2n) is 20.0. The second-order valence-corrected chi connectivity index (χ2v) is 20.0. The van der Waals surface area contributed by atoms with E-state index in [1.165, 1.54) is 122 Å². The lowest BCUT2D eigenvalue weighted by Crippen LogP contribution is -2.61. The smallest absolute Gasteiger partial charge is 0.306 e. The van der Waals surface area contributed by atoms with E-state index in [0.29, 0.717) is 12.8 Å². The zero-order chi connectivity index (χ0) is 50.4. The quantitative estimate of drug-likeness (QED) is 0.0196. The third kappa shape index (κ3) is 35.6. The zero-order valence-corrected chi connectivity index (χ0v) is 44.4. The molecule has 1 aliphatic rings. The maximum absolute atomic E-state index is 13.4. The first-order valence-corrected chi connectivity index (χ1v) is 28.8. The fraction of sp³-hybridized carbons (Fsp3) is 0.862. The van der Waals surface area contributed by atoms with Crippen molar-refractivity contribution >= 4 is 11.9 Å². The van der Waals surface area contributed by atoms with Gasteiger partial charge in [0.1, 0.15) is 24.4 Å². The summed E-state index contributed by atoms with van der Waals surface area (Å²) < 4.78 is 17.5. The van der Waals surface area contributed by atoms with Crippen LogP contribution in [0.2, 0.25) is 0 Å². The third-order valence-corrected chi connectivity index (χ3v) is 13.5. The number of allylic oxidation sites excluding steroid dienone is 5. The average molecular weight is 978 g/mol.